The van der Waals surface area contributed by atoms with E-state index < -0.39 is 18.0 Å². The number of allylic oxidation sites excluding steroid dienone is 4. The summed E-state index contributed by atoms with van der Waals surface area (Å²) < 4.78 is 0. The van der Waals surface area contributed by atoms with Gasteiger partial charge < -0.3 is 15.1 Å². The van der Waals surface area contributed by atoms with Crippen molar-refractivity contribution in [3.63, 3.8) is 0 Å². The fraction of sp³-hybridized carbons (Fsp3) is 0.800. The van der Waals surface area contributed by atoms with Gasteiger partial charge in [0.15, 0.2) is 6.35 Å². The zero-order chi connectivity index (χ0) is 24.5. The number of nitrogens with zero attached hydrogens (tertiary/aromatic N) is 1. The number of nitrogens with one attached hydrogen (secondary N) is 2. The monoisotopic (exact) mass is 471 g/mol. The number of carbonyl (C=O) groups excluding carboxylic acids is 1. The molecule has 4 unspecified atom stereocenters. The summed E-state index contributed by atoms with van der Waals surface area (Å²) >= 11 is 5.84. The Morgan fingerprint density at radius 1 is 1.38 bits per heavy atom. The summed E-state index contributed by atoms with van der Waals surface area (Å²) in [5, 5.41) is 26.6. The van der Waals surface area contributed by atoms with Gasteiger partial charge in [-0.2, -0.15) is 0 Å². The lowest BCUT2D eigenvalue weighted by Crippen LogP contribution is -2.58. The Balaban J connectivity index is 2.88. The van der Waals surface area contributed by atoms with E-state index in [4.69, 9.17) is 11.6 Å². The average molecular weight is 472 g/mol. The first kappa shape index (κ1) is 29.1. The summed E-state index contributed by atoms with van der Waals surface area (Å²) in [6.07, 6.45) is 7.23. The van der Waals surface area contributed by atoms with Gasteiger partial charge in [0.25, 0.3) is 0 Å². The van der Waals surface area contributed by atoms with Crippen LogP contribution in [0.2, 0.25) is 0 Å². The number of likely N-dealkylation sites (tertiary alicyclic amines) is 1. The van der Waals surface area contributed by atoms with Gasteiger partial charge in [-0.3, -0.25) is 15.4 Å². The quantitative estimate of drug-likeness (QED) is 0.198. The maximum absolute atomic E-state index is 13.5. The number of rotatable bonds is 12. The average Bonchev–Trinajstić information content (AvgIpc) is 2.72. The summed E-state index contributed by atoms with van der Waals surface area (Å²) in [5.41, 5.74) is 0.280. The molecule has 0 radical (unpaired) electrons. The van der Waals surface area contributed by atoms with Crippen LogP contribution in [0.3, 0.4) is 0 Å². The lowest BCUT2D eigenvalue weighted by atomic mass is 9.70. The predicted octanol–water partition coefficient (Wildman–Crippen LogP) is 3.63. The SMILES string of the molecule is C/C=C(\C=C/CCl)C1CCN(C(=O)C(CC(C)C)NC(O)NCC(C)(O)CC)CC1(C)C. The van der Waals surface area contributed by atoms with Gasteiger partial charge in [0, 0.05) is 25.5 Å². The molecule has 1 saturated heterocycles. The molecule has 32 heavy (non-hydrogen) atoms. The Morgan fingerprint density at radius 3 is 2.53 bits per heavy atom. The molecule has 1 fully saturated rings. The molecule has 4 atom stereocenters. The van der Waals surface area contributed by atoms with Crippen LogP contribution in [0.25, 0.3) is 0 Å². The van der Waals surface area contributed by atoms with E-state index in [1.165, 1.54) is 5.57 Å². The van der Waals surface area contributed by atoms with Gasteiger partial charge in [-0.05, 0) is 55.9 Å². The van der Waals surface area contributed by atoms with Crippen molar-refractivity contribution in [3.8, 4) is 0 Å². The predicted molar refractivity (Wildman–Crippen MR) is 133 cm³/mol. The molecular weight excluding hydrogens is 426 g/mol. The van der Waals surface area contributed by atoms with E-state index in [0.717, 1.165) is 6.42 Å². The third-order valence-corrected chi connectivity index (χ3v) is 6.66. The van der Waals surface area contributed by atoms with E-state index in [1.54, 1.807) is 6.92 Å². The highest BCUT2D eigenvalue weighted by Crippen LogP contribution is 2.40. The van der Waals surface area contributed by atoms with Crippen molar-refractivity contribution in [1.82, 2.24) is 15.5 Å². The highest BCUT2D eigenvalue weighted by atomic mass is 35.5. The van der Waals surface area contributed by atoms with Crippen LogP contribution in [0.1, 0.15) is 67.7 Å². The number of amides is 1. The largest absolute Gasteiger partial charge is 0.389 e. The van der Waals surface area contributed by atoms with Gasteiger partial charge in [-0.25, -0.2) is 0 Å². The van der Waals surface area contributed by atoms with Crippen LogP contribution in [0, 0.1) is 17.3 Å². The first-order chi connectivity index (χ1) is 14.9. The smallest absolute Gasteiger partial charge is 0.239 e. The van der Waals surface area contributed by atoms with Crippen LogP contribution in [0.4, 0.5) is 0 Å². The lowest BCUT2D eigenvalue weighted by Gasteiger charge is -2.46. The van der Waals surface area contributed by atoms with Crippen LogP contribution < -0.4 is 10.6 Å². The molecule has 6 nitrogen and oxygen atoms in total. The molecule has 4 N–H and O–H groups in total. The Bertz CT molecular complexity index is 646. The molecule has 0 saturated carbocycles. The molecule has 186 valence electrons. The Morgan fingerprint density at radius 2 is 2.03 bits per heavy atom. The number of aliphatic hydroxyl groups is 2. The Hall–Kier alpha value is -0.920. The van der Waals surface area contributed by atoms with Crippen molar-refractivity contribution < 1.29 is 15.0 Å². The first-order valence-corrected chi connectivity index (χ1v) is 12.5. The summed E-state index contributed by atoms with van der Waals surface area (Å²) in [6.45, 7) is 15.8. The normalized spacial score (nSPS) is 23.4. The minimum Gasteiger partial charge on any atom is -0.389 e. The highest BCUT2D eigenvalue weighted by molar-refractivity contribution is 6.18. The van der Waals surface area contributed by atoms with Crippen LogP contribution in [-0.4, -0.2) is 64.5 Å². The first-order valence-electron chi connectivity index (χ1n) is 11.9. The molecule has 1 aliphatic rings. The second-order valence-electron chi connectivity index (χ2n) is 10.4. The number of hydrogen-bond donors (Lipinski definition) is 4. The number of carbonyl (C=O) groups is 1. The van der Waals surface area contributed by atoms with E-state index >= 15 is 0 Å². The molecule has 0 aliphatic carbocycles. The van der Waals surface area contributed by atoms with Crippen molar-refractivity contribution in [2.75, 3.05) is 25.5 Å². The van der Waals surface area contributed by atoms with Crippen LogP contribution in [0.15, 0.2) is 23.8 Å². The van der Waals surface area contributed by atoms with Gasteiger partial charge in [0.05, 0.1) is 11.6 Å². The zero-order valence-electron chi connectivity index (χ0n) is 21.1. The number of alkyl halides is 1. The molecule has 1 amide bonds. The maximum Gasteiger partial charge on any atom is 0.239 e. The zero-order valence-corrected chi connectivity index (χ0v) is 21.9. The minimum absolute atomic E-state index is 0.0201. The van der Waals surface area contributed by atoms with Gasteiger partial charge in [0.1, 0.15) is 0 Å². The van der Waals surface area contributed by atoms with E-state index in [0.29, 0.717) is 43.6 Å². The molecule has 1 aliphatic heterocycles. The van der Waals surface area contributed by atoms with Crippen molar-refractivity contribution in [2.24, 2.45) is 17.3 Å². The molecule has 0 aromatic carbocycles. The second kappa shape index (κ2) is 13.1. The minimum atomic E-state index is -1.07. The molecule has 0 aromatic heterocycles. The third kappa shape index (κ3) is 9.14. The molecule has 1 heterocycles. The summed E-state index contributed by atoms with van der Waals surface area (Å²) in [5.74, 6) is 1.16. The second-order valence-corrected chi connectivity index (χ2v) is 10.7. The molecular formula is C25H46ClN3O3. The standard InChI is InChI=1S/C25H46ClN3O3/c1-8-19(11-10-13-26)20-12-14-29(17-24(20,5)6)22(30)21(15-18(3)4)28-23(31)27-16-25(7,32)9-2/h8,10-11,18,20-21,23,27-28,31-32H,9,12-17H2,1-7H3/b11-10-,19-8+. The van der Waals surface area contributed by atoms with Gasteiger partial charge in [-0.1, -0.05) is 52.8 Å². The van der Waals surface area contributed by atoms with Gasteiger partial charge in [-0.15, -0.1) is 11.6 Å². The van der Waals surface area contributed by atoms with E-state index in [9.17, 15) is 15.0 Å². The van der Waals surface area contributed by atoms with Gasteiger partial charge >= 0.3 is 0 Å². The summed E-state index contributed by atoms with van der Waals surface area (Å²) in [7, 11) is 0. The Kier molecular flexibility index (Phi) is 11.9. The lowest BCUT2D eigenvalue weighted by molar-refractivity contribution is -0.139. The third-order valence-electron chi connectivity index (χ3n) is 6.48. The van der Waals surface area contributed by atoms with E-state index in [1.807, 2.05) is 24.8 Å². The topological polar surface area (TPSA) is 84.8 Å². The fourth-order valence-corrected chi connectivity index (χ4v) is 4.47. The number of halogens is 1. The molecule has 1 rings (SSSR count). The van der Waals surface area contributed by atoms with Crippen molar-refractivity contribution in [2.45, 2.75) is 85.7 Å². The maximum atomic E-state index is 13.5. The van der Waals surface area contributed by atoms with Crippen LogP contribution in [0.5, 0.6) is 0 Å². The molecule has 7 heteroatoms. The molecule has 0 bridgehead atoms. The Labute approximate surface area is 200 Å². The van der Waals surface area contributed by atoms with Crippen molar-refractivity contribution >= 4 is 17.5 Å². The fourth-order valence-electron chi connectivity index (χ4n) is 4.38. The molecule has 0 spiro atoms. The van der Waals surface area contributed by atoms with E-state index in [2.05, 4.69) is 50.5 Å². The number of aliphatic hydroxyl groups excluding tert-OH is 1. The number of hydrogen-bond acceptors (Lipinski definition) is 5. The highest BCUT2D eigenvalue weighted by Gasteiger charge is 2.40. The summed E-state index contributed by atoms with van der Waals surface area (Å²) in [4.78, 5) is 15.4. The van der Waals surface area contributed by atoms with Crippen LogP contribution in [-0.2, 0) is 4.79 Å². The van der Waals surface area contributed by atoms with E-state index in [-0.39, 0.29) is 17.9 Å². The van der Waals surface area contributed by atoms with Gasteiger partial charge in [0.2, 0.25) is 5.91 Å². The van der Waals surface area contributed by atoms with Crippen molar-refractivity contribution in [1.29, 1.82) is 0 Å². The molecule has 0 aromatic rings. The summed E-state index contributed by atoms with van der Waals surface area (Å²) in [6, 6.07) is -0.492. The van der Waals surface area contributed by atoms with Crippen molar-refractivity contribution in [3.05, 3.63) is 23.8 Å². The van der Waals surface area contributed by atoms with Crippen LogP contribution >= 0.6 is 11.6 Å². The number of piperidine rings is 1.